The lowest BCUT2D eigenvalue weighted by molar-refractivity contribution is 0.103. The highest BCUT2D eigenvalue weighted by Gasteiger charge is 2.12. The largest absolute Gasteiger partial charge is 0.321 e. The van der Waals surface area contributed by atoms with Crippen molar-refractivity contribution in [2.75, 3.05) is 5.32 Å². The zero-order valence-electron chi connectivity index (χ0n) is 11.6. The van der Waals surface area contributed by atoms with E-state index in [1.807, 2.05) is 37.3 Å². The minimum Gasteiger partial charge on any atom is -0.321 e. The quantitative estimate of drug-likeness (QED) is 0.868. The summed E-state index contributed by atoms with van der Waals surface area (Å²) in [6.07, 6.45) is 2.15. The second-order valence-corrected chi connectivity index (χ2v) is 5.97. The van der Waals surface area contributed by atoms with Gasteiger partial charge in [-0.2, -0.15) is 0 Å². The van der Waals surface area contributed by atoms with Crippen molar-refractivity contribution >= 4 is 22.9 Å². The monoisotopic (exact) mass is 273 g/mol. The van der Waals surface area contributed by atoms with Gasteiger partial charge in [-0.15, -0.1) is 11.3 Å². The van der Waals surface area contributed by atoms with Crippen molar-refractivity contribution in [1.29, 1.82) is 0 Å². The van der Waals surface area contributed by atoms with E-state index >= 15 is 0 Å². The fourth-order valence-corrected chi connectivity index (χ4v) is 3.01. The molecule has 0 radical (unpaired) electrons. The summed E-state index contributed by atoms with van der Waals surface area (Å²) >= 11 is 1.58. The van der Waals surface area contributed by atoms with Gasteiger partial charge in [-0.3, -0.25) is 4.79 Å². The van der Waals surface area contributed by atoms with Crippen molar-refractivity contribution < 1.29 is 4.79 Å². The third-order valence-electron chi connectivity index (χ3n) is 3.16. The van der Waals surface area contributed by atoms with Gasteiger partial charge >= 0.3 is 0 Å². The van der Waals surface area contributed by atoms with Crippen molar-refractivity contribution in [3.63, 3.8) is 0 Å². The topological polar surface area (TPSA) is 29.1 Å². The molecule has 2 aromatic rings. The molecule has 0 aliphatic carbocycles. The molecule has 1 amide bonds. The Bertz CT molecular complexity index is 586. The second kappa shape index (κ2) is 6.02. The fourth-order valence-electron chi connectivity index (χ4n) is 2.05. The van der Waals surface area contributed by atoms with Gasteiger partial charge in [0.1, 0.15) is 0 Å². The Morgan fingerprint density at radius 1 is 1.26 bits per heavy atom. The minimum absolute atomic E-state index is 0.00949. The number of anilines is 1. The van der Waals surface area contributed by atoms with Gasteiger partial charge in [0.25, 0.3) is 5.91 Å². The number of rotatable bonds is 4. The number of hydrogen-bond donors (Lipinski definition) is 1. The van der Waals surface area contributed by atoms with E-state index < -0.39 is 0 Å². The lowest BCUT2D eigenvalue weighted by Gasteiger charge is -2.06. The maximum atomic E-state index is 12.2. The van der Waals surface area contributed by atoms with Crippen LogP contribution in [0.2, 0.25) is 0 Å². The molecule has 0 bridgehead atoms. The molecule has 2 rings (SSSR count). The minimum atomic E-state index is -0.00949. The lowest BCUT2D eigenvalue weighted by atomic mass is 10.1. The van der Waals surface area contributed by atoms with Gasteiger partial charge in [-0.1, -0.05) is 31.5 Å². The molecule has 1 aromatic carbocycles. The molecule has 1 heterocycles. The number of amides is 1. The molecule has 2 nitrogen and oxygen atoms in total. The highest BCUT2D eigenvalue weighted by atomic mass is 32.1. The summed E-state index contributed by atoms with van der Waals surface area (Å²) in [5.74, 6) is -0.00949. The SMILES string of the molecule is CCCc1cc(C(=O)Nc2ccccc2C)sc1C. The third kappa shape index (κ3) is 3.24. The van der Waals surface area contributed by atoms with Gasteiger partial charge in [0.05, 0.1) is 4.88 Å². The van der Waals surface area contributed by atoms with Crippen LogP contribution in [-0.4, -0.2) is 5.91 Å². The third-order valence-corrected chi connectivity index (χ3v) is 4.25. The number of nitrogens with one attached hydrogen (secondary N) is 1. The zero-order chi connectivity index (χ0) is 13.8. The summed E-state index contributed by atoms with van der Waals surface area (Å²) < 4.78 is 0. The van der Waals surface area contributed by atoms with Crippen LogP contribution in [0.1, 0.15) is 39.0 Å². The predicted octanol–water partition coefficient (Wildman–Crippen LogP) is 4.57. The lowest BCUT2D eigenvalue weighted by Crippen LogP contribution is -2.11. The van der Waals surface area contributed by atoms with Crippen LogP contribution < -0.4 is 5.32 Å². The number of carbonyl (C=O) groups excluding carboxylic acids is 1. The number of benzene rings is 1. The predicted molar refractivity (Wildman–Crippen MR) is 82.2 cm³/mol. The maximum Gasteiger partial charge on any atom is 0.265 e. The van der Waals surface area contributed by atoms with Crippen molar-refractivity contribution in [1.82, 2.24) is 0 Å². The van der Waals surface area contributed by atoms with Gasteiger partial charge in [-0.05, 0) is 43.5 Å². The van der Waals surface area contributed by atoms with Crippen LogP contribution in [0.3, 0.4) is 0 Å². The molecule has 0 aliphatic heterocycles. The first kappa shape index (κ1) is 13.8. The first-order valence-corrected chi connectivity index (χ1v) is 7.39. The standard InChI is InChI=1S/C16H19NOS/c1-4-7-13-10-15(19-12(13)3)16(18)17-14-9-6-5-8-11(14)2/h5-6,8-10H,4,7H2,1-3H3,(H,17,18). The van der Waals surface area contributed by atoms with Crippen LogP contribution in [0.5, 0.6) is 0 Å². The average Bonchev–Trinajstić information content (AvgIpc) is 2.75. The zero-order valence-corrected chi connectivity index (χ0v) is 12.4. The Kier molecular flexibility index (Phi) is 4.38. The van der Waals surface area contributed by atoms with Crippen LogP contribution in [0.15, 0.2) is 30.3 Å². The second-order valence-electron chi connectivity index (χ2n) is 4.71. The summed E-state index contributed by atoms with van der Waals surface area (Å²) in [5.41, 5.74) is 3.26. The summed E-state index contributed by atoms with van der Waals surface area (Å²) in [6.45, 7) is 6.24. The summed E-state index contributed by atoms with van der Waals surface area (Å²) in [5, 5.41) is 2.98. The van der Waals surface area contributed by atoms with Crippen LogP contribution in [0.4, 0.5) is 5.69 Å². The van der Waals surface area contributed by atoms with E-state index in [0.29, 0.717) is 0 Å². The first-order chi connectivity index (χ1) is 9.11. The van der Waals surface area contributed by atoms with E-state index in [4.69, 9.17) is 0 Å². The van der Waals surface area contributed by atoms with E-state index in [-0.39, 0.29) is 5.91 Å². The molecule has 0 atom stereocenters. The molecule has 1 aromatic heterocycles. The molecule has 3 heteroatoms. The summed E-state index contributed by atoms with van der Waals surface area (Å²) in [4.78, 5) is 14.3. The molecule has 100 valence electrons. The molecule has 0 saturated carbocycles. The normalized spacial score (nSPS) is 10.5. The molecule has 0 unspecified atom stereocenters. The number of hydrogen-bond acceptors (Lipinski definition) is 2. The average molecular weight is 273 g/mol. The van der Waals surface area contributed by atoms with E-state index in [2.05, 4.69) is 19.2 Å². The van der Waals surface area contributed by atoms with Crippen LogP contribution in [0, 0.1) is 13.8 Å². The van der Waals surface area contributed by atoms with Crippen molar-refractivity contribution in [2.24, 2.45) is 0 Å². The Hall–Kier alpha value is -1.61. The van der Waals surface area contributed by atoms with Crippen LogP contribution in [0.25, 0.3) is 0 Å². The van der Waals surface area contributed by atoms with Crippen molar-refractivity contribution in [3.05, 3.63) is 51.2 Å². The number of carbonyl (C=O) groups is 1. The van der Waals surface area contributed by atoms with Crippen molar-refractivity contribution in [2.45, 2.75) is 33.6 Å². The molecule has 0 saturated heterocycles. The molecular formula is C16H19NOS. The van der Waals surface area contributed by atoms with Gasteiger partial charge in [0.15, 0.2) is 0 Å². The van der Waals surface area contributed by atoms with E-state index in [9.17, 15) is 4.79 Å². The van der Waals surface area contributed by atoms with Gasteiger partial charge < -0.3 is 5.32 Å². The smallest absolute Gasteiger partial charge is 0.265 e. The summed E-state index contributed by atoms with van der Waals surface area (Å²) in [7, 11) is 0. The van der Waals surface area contributed by atoms with Gasteiger partial charge in [0.2, 0.25) is 0 Å². The summed E-state index contributed by atoms with van der Waals surface area (Å²) in [6, 6.07) is 9.86. The number of aryl methyl sites for hydroxylation is 3. The number of thiophene rings is 1. The van der Waals surface area contributed by atoms with Crippen molar-refractivity contribution in [3.8, 4) is 0 Å². The molecule has 1 N–H and O–H groups in total. The Balaban J connectivity index is 2.16. The van der Waals surface area contributed by atoms with Gasteiger partial charge in [-0.25, -0.2) is 0 Å². The first-order valence-electron chi connectivity index (χ1n) is 6.58. The molecular weight excluding hydrogens is 254 g/mol. The Morgan fingerprint density at radius 3 is 2.68 bits per heavy atom. The molecule has 0 fully saturated rings. The fraction of sp³-hybridized carbons (Fsp3) is 0.312. The molecule has 19 heavy (non-hydrogen) atoms. The van der Waals surface area contributed by atoms with E-state index in [1.165, 1.54) is 10.4 Å². The van der Waals surface area contributed by atoms with E-state index in [0.717, 1.165) is 29.0 Å². The van der Waals surface area contributed by atoms with Crippen LogP contribution in [-0.2, 0) is 6.42 Å². The molecule has 0 spiro atoms. The number of para-hydroxylation sites is 1. The Morgan fingerprint density at radius 2 is 2.00 bits per heavy atom. The van der Waals surface area contributed by atoms with Gasteiger partial charge in [0, 0.05) is 10.6 Å². The highest BCUT2D eigenvalue weighted by Crippen LogP contribution is 2.24. The van der Waals surface area contributed by atoms with Crippen LogP contribution >= 0.6 is 11.3 Å². The van der Waals surface area contributed by atoms with E-state index in [1.54, 1.807) is 11.3 Å². The Labute approximate surface area is 118 Å². The molecule has 0 aliphatic rings. The highest BCUT2D eigenvalue weighted by molar-refractivity contribution is 7.14. The maximum absolute atomic E-state index is 12.2.